The summed E-state index contributed by atoms with van der Waals surface area (Å²) in [6.07, 6.45) is 0. The lowest BCUT2D eigenvalue weighted by Crippen LogP contribution is -2.02. The van der Waals surface area contributed by atoms with Gasteiger partial charge >= 0.3 is 0 Å². The molecule has 0 aliphatic carbocycles. The quantitative estimate of drug-likeness (QED) is 0.185. The Hall–Kier alpha value is -6.84. The van der Waals surface area contributed by atoms with Gasteiger partial charge in [-0.3, -0.25) is 0 Å². The average molecular weight is 652 g/mol. The van der Waals surface area contributed by atoms with Crippen LogP contribution >= 0.6 is 0 Å². The van der Waals surface area contributed by atoms with Gasteiger partial charge < -0.3 is 14.9 Å². The Bertz CT molecular complexity index is 2840. The number of hydrogen-bond acceptors (Lipinski definition) is 1. The second-order valence-electron chi connectivity index (χ2n) is 13.2. The van der Waals surface area contributed by atoms with Crippen LogP contribution in [0.5, 0.6) is 0 Å². The lowest BCUT2D eigenvalue weighted by molar-refractivity contribution is 1.17. The van der Waals surface area contributed by atoms with Crippen LogP contribution in [0.1, 0.15) is 0 Å². The zero-order chi connectivity index (χ0) is 33.9. The SMILES string of the molecule is Nc1cc(-c2ccccc2)c(-n2c3ccccc3c3cc(-n4c5ccccc5c5cccc(-c6ccccc6)c54)ccc32)c(-c2ccccc2)c1. The molecule has 240 valence electrons. The molecule has 0 aliphatic heterocycles. The van der Waals surface area contributed by atoms with Gasteiger partial charge in [-0.05, 0) is 59.2 Å². The largest absolute Gasteiger partial charge is 0.399 e. The number of aromatic nitrogens is 2. The van der Waals surface area contributed by atoms with E-state index in [0.29, 0.717) is 0 Å². The van der Waals surface area contributed by atoms with Crippen molar-refractivity contribution in [3.05, 3.63) is 188 Å². The van der Waals surface area contributed by atoms with Crippen molar-refractivity contribution in [2.45, 2.75) is 0 Å². The number of para-hydroxylation sites is 3. The Morgan fingerprint density at radius 3 is 1.41 bits per heavy atom. The Morgan fingerprint density at radius 1 is 0.333 bits per heavy atom. The predicted molar refractivity (Wildman–Crippen MR) is 216 cm³/mol. The van der Waals surface area contributed by atoms with Gasteiger partial charge in [-0.25, -0.2) is 0 Å². The minimum absolute atomic E-state index is 0.736. The molecule has 10 aromatic rings. The van der Waals surface area contributed by atoms with Crippen molar-refractivity contribution in [3.63, 3.8) is 0 Å². The number of benzene rings is 8. The monoisotopic (exact) mass is 651 g/mol. The number of nitrogens with two attached hydrogens (primary N) is 1. The van der Waals surface area contributed by atoms with E-state index in [1.807, 2.05) is 0 Å². The van der Waals surface area contributed by atoms with Crippen molar-refractivity contribution < 1.29 is 0 Å². The second kappa shape index (κ2) is 11.6. The molecule has 0 atom stereocenters. The zero-order valence-corrected chi connectivity index (χ0v) is 27.9. The van der Waals surface area contributed by atoms with Crippen molar-refractivity contribution in [1.29, 1.82) is 0 Å². The fraction of sp³-hybridized carbons (Fsp3) is 0. The highest BCUT2D eigenvalue weighted by molar-refractivity contribution is 6.15. The van der Waals surface area contributed by atoms with Crippen LogP contribution in [0.25, 0.3) is 88.4 Å². The van der Waals surface area contributed by atoms with Crippen molar-refractivity contribution >= 4 is 49.3 Å². The Kier molecular flexibility index (Phi) is 6.65. The van der Waals surface area contributed by atoms with Gasteiger partial charge in [0.05, 0.1) is 27.8 Å². The molecule has 2 heterocycles. The summed E-state index contributed by atoms with van der Waals surface area (Å²) in [5.41, 5.74) is 21.2. The highest BCUT2D eigenvalue weighted by atomic mass is 15.0. The summed E-state index contributed by atoms with van der Waals surface area (Å²) in [4.78, 5) is 0. The van der Waals surface area contributed by atoms with Gasteiger partial charge in [0.2, 0.25) is 0 Å². The minimum Gasteiger partial charge on any atom is -0.399 e. The summed E-state index contributed by atoms with van der Waals surface area (Å²) in [5.74, 6) is 0. The van der Waals surface area contributed by atoms with Crippen molar-refractivity contribution in [2.24, 2.45) is 0 Å². The molecule has 0 unspecified atom stereocenters. The third kappa shape index (κ3) is 4.59. The molecule has 0 fully saturated rings. The van der Waals surface area contributed by atoms with Crippen molar-refractivity contribution in [1.82, 2.24) is 9.13 Å². The van der Waals surface area contributed by atoms with Crippen LogP contribution in [0, 0.1) is 0 Å². The minimum atomic E-state index is 0.736. The van der Waals surface area contributed by atoms with Crippen LogP contribution in [0.2, 0.25) is 0 Å². The lowest BCUT2D eigenvalue weighted by atomic mass is 9.94. The maximum absolute atomic E-state index is 6.69. The van der Waals surface area contributed by atoms with Crippen LogP contribution in [-0.4, -0.2) is 9.13 Å². The molecule has 0 radical (unpaired) electrons. The topological polar surface area (TPSA) is 35.9 Å². The summed E-state index contributed by atoms with van der Waals surface area (Å²) in [5, 5.41) is 4.89. The first-order valence-electron chi connectivity index (χ1n) is 17.4. The smallest absolute Gasteiger partial charge is 0.0620 e. The van der Waals surface area contributed by atoms with Crippen molar-refractivity contribution in [2.75, 3.05) is 5.73 Å². The maximum Gasteiger partial charge on any atom is 0.0620 e. The van der Waals surface area contributed by atoms with E-state index in [0.717, 1.165) is 50.3 Å². The van der Waals surface area contributed by atoms with Crippen LogP contribution in [-0.2, 0) is 0 Å². The molecule has 0 bridgehead atoms. The molecule has 2 N–H and O–H groups in total. The van der Waals surface area contributed by atoms with Crippen molar-refractivity contribution in [3.8, 4) is 44.8 Å². The van der Waals surface area contributed by atoms with E-state index in [2.05, 4.69) is 197 Å². The molecule has 0 saturated heterocycles. The predicted octanol–water partition coefficient (Wildman–Crippen LogP) is 12.5. The van der Waals surface area contributed by atoms with E-state index in [9.17, 15) is 0 Å². The molecular formula is C48H33N3. The van der Waals surface area contributed by atoms with Gasteiger partial charge in [-0.1, -0.05) is 146 Å². The fourth-order valence-electron chi connectivity index (χ4n) is 8.05. The van der Waals surface area contributed by atoms with Gasteiger partial charge in [0.1, 0.15) is 0 Å². The molecule has 0 aliphatic rings. The van der Waals surface area contributed by atoms with E-state index in [4.69, 9.17) is 5.73 Å². The van der Waals surface area contributed by atoms with Crippen LogP contribution in [0.3, 0.4) is 0 Å². The molecule has 3 heteroatoms. The Labute approximate surface area is 296 Å². The summed E-state index contributed by atoms with van der Waals surface area (Å²) < 4.78 is 4.90. The van der Waals surface area contributed by atoms with Gasteiger partial charge in [0.15, 0.2) is 0 Å². The molecule has 2 aromatic heterocycles. The van der Waals surface area contributed by atoms with E-state index >= 15 is 0 Å². The normalized spacial score (nSPS) is 11.6. The fourth-order valence-corrected chi connectivity index (χ4v) is 8.05. The highest BCUT2D eigenvalue weighted by Gasteiger charge is 2.22. The van der Waals surface area contributed by atoms with Crippen LogP contribution < -0.4 is 5.73 Å². The number of hydrogen-bond donors (Lipinski definition) is 1. The first-order valence-corrected chi connectivity index (χ1v) is 17.4. The standard InChI is InChI=1S/C48H33N3/c49-35-29-41(33-17-6-2-7-18-33)48(42(30-35)34-19-8-3-9-20-34)51-45-26-13-11-22-39(45)43-31-36(27-28-46(43)51)50-44-25-12-10-21-38(44)40-24-14-23-37(47(40)50)32-15-4-1-5-16-32/h1-31H,49H2. The van der Waals surface area contributed by atoms with Crippen LogP contribution in [0.4, 0.5) is 5.69 Å². The third-order valence-corrected chi connectivity index (χ3v) is 10.2. The first kappa shape index (κ1) is 29.1. The number of nitrogens with zero attached hydrogens (tertiary/aromatic N) is 2. The number of rotatable bonds is 5. The third-order valence-electron chi connectivity index (χ3n) is 10.2. The molecule has 51 heavy (non-hydrogen) atoms. The molecule has 3 nitrogen and oxygen atoms in total. The molecular weight excluding hydrogens is 619 g/mol. The molecule has 0 saturated carbocycles. The molecule has 0 amide bonds. The Balaban J connectivity index is 1.31. The first-order chi connectivity index (χ1) is 25.2. The average Bonchev–Trinajstić information content (AvgIpc) is 3.71. The summed E-state index contributed by atoms with van der Waals surface area (Å²) in [6, 6.07) is 67.3. The molecule has 10 rings (SSSR count). The van der Waals surface area contributed by atoms with Crippen LogP contribution in [0.15, 0.2) is 188 Å². The summed E-state index contributed by atoms with van der Waals surface area (Å²) in [7, 11) is 0. The van der Waals surface area contributed by atoms with Gasteiger partial charge in [0, 0.05) is 49.6 Å². The van der Waals surface area contributed by atoms with E-state index in [1.54, 1.807) is 0 Å². The number of anilines is 1. The number of nitrogen functional groups attached to an aromatic ring is 1. The van der Waals surface area contributed by atoms with E-state index in [-0.39, 0.29) is 0 Å². The Morgan fingerprint density at radius 2 is 0.804 bits per heavy atom. The van der Waals surface area contributed by atoms with E-state index in [1.165, 1.54) is 43.7 Å². The summed E-state index contributed by atoms with van der Waals surface area (Å²) in [6.45, 7) is 0. The van der Waals surface area contributed by atoms with Gasteiger partial charge in [-0.15, -0.1) is 0 Å². The van der Waals surface area contributed by atoms with Gasteiger partial charge in [0.25, 0.3) is 0 Å². The van der Waals surface area contributed by atoms with E-state index < -0.39 is 0 Å². The number of fused-ring (bicyclic) bond motifs is 6. The lowest BCUT2D eigenvalue weighted by Gasteiger charge is -2.20. The summed E-state index contributed by atoms with van der Waals surface area (Å²) >= 11 is 0. The highest BCUT2D eigenvalue weighted by Crippen LogP contribution is 2.44. The second-order valence-corrected chi connectivity index (χ2v) is 13.2. The maximum atomic E-state index is 6.69. The van der Waals surface area contributed by atoms with Gasteiger partial charge in [-0.2, -0.15) is 0 Å². The molecule has 8 aromatic carbocycles. The molecule has 0 spiro atoms. The zero-order valence-electron chi connectivity index (χ0n) is 27.9.